The Labute approximate surface area is 260 Å². The van der Waals surface area contributed by atoms with Gasteiger partial charge >= 0.3 is 11.9 Å². The first kappa shape index (κ1) is 30.2. The molecule has 6 rings (SSSR count). The summed E-state index contributed by atoms with van der Waals surface area (Å²) in [5.41, 5.74) is 0.403. The minimum atomic E-state index is -1.65. The average Bonchev–Trinajstić information content (AvgIpc) is 3.33. The second kappa shape index (κ2) is 11.3. The lowest BCUT2D eigenvalue weighted by Gasteiger charge is -2.39. The van der Waals surface area contributed by atoms with E-state index in [1.807, 2.05) is 30.3 Å². The molecule has 0 unspecified atom stereocenters. The monoisotopic (exact) mass is 610 g/mol. The van der Waals surface area contributed by atoms with Crippen LogP contribution in [0.15, 0.2) is 83.5 Å². The van der Waals surface area contributed by atoms with Crippen LogP contribution >= 0.6 is 0 Å². The van der Waals surface area contributed by atoms with Crippen molar-refractivity contribution < 1.29 is 38.2 Å². The second-order valence-electron chi connectivity index (χ2n) is 12.3. The van der Waals surface area contributed by atoms with Crippen LogP contribution in [0.3, 0.4) is 0 Å². The Morgan fingerprint density at radius 2 is 1.53 bits per heavy atom. The van der Waals surface area contributed by atoms with Gasteiger partial charge in [-0.25, -0.2) is 4.79 Å². The van der Waals surface area contributed by atoms with Crippen LogP contribution in [-0.4, -0.2) is 60.1 Å². The number of carbonyl (C=O) groups is 6. The number of hydrogen-bond acceptors (Lipinski definition) is 8. The Balaban J connectivity index is 1.51. The van der Waals surface area contributed by atoms with Gasteiger partial charge in [0.15, 0.2) is 5.78 Å². The lowest BCUT2D eigenvalue weighted by molar-refractivity contribution is -0.146. The zero-order valence-electron chi connectivity index (χ0n) is 25.4. The van der Waals surface area contributed by atoms with Gasteiger partial charge in [-0.1, -0.05) is 67.1 Å². The highest BCUT2D eigenvalue weighted by Gasteiger charge is 2.67. The summed E-state index contributed by atoms with van der Waals surface area (Å²) in [6.45, 7) is 3.39. The molecule has 232 valence electrons. The summed E-state index contributed by atoms with van der Waals surface area (Å²) in [5.74, 6) is -8.51. The van der Waals surface area contributed by atoms with Gasteiger partial charge in [-0.2, -0.15) is 0 Å². The van der Waals surface area contributed by atoms with E-state index in [-0.39, 0.29) is 18.5 Å². The van der Waals surface area contributed by atoms with Crippen LogP contribution in [0.4, 0.5) is 0 Å². The van der Waals surface area contributed by atoms with Gasteiger partial charge in [0.1, 0.15) is 5.54 Å². The SMILES string of the molecule is COC(=O)C1=C[C@@H](C(=O)OC)[C@@H]2C3=C(C(=O)[C@@]2(C)NC(=O)c2ccccc2)[C@H](C)[C@@H]2C(=O)N(Cc4ccccc4)C(=O)[C@@H]2[C@@H]3C1. The zero-order chi connectivity index (χ0) is 32.2. The van der Waals surface area contributed by atoms with Gasteiger partial charge in [-0.15, -0.1) is 0 Å². The highest BCUT2D eigenvalue weighted by atomic mass is 16.5. The number of nitrogens with zero attached hydrogens (tertiary/aromatic N) is 1. The van der Waals surface area contributed by atoms with Gasteiger partial charge in [0.25, 0.3) is 5.91 Å². The van der Waals surface area contributed by atoms with E-state index in [1.165, 1.54) is 25.2 Å². The number of amides is 3. The van der Waals surface area contributed by atoms with E-state index in [2.05, 4.69) is 5.32 Å². The average molecular weight is 611 g/mol. The first-order valence-corrected chi connectivity index (χ1v) is 15.0. The molecule has 0 spiro atoms. The number of benzene rings is 2. The van der Waals surface area contributed by atoms with Crippen molar-refractivity contribution >= 4 is 35.4 Å². The van der Waals surface area contributed by atoms with Gasteiger partial charge in [-0.05, 0) is 42.9 Å². The molecule has 0 radical (unpaired) electrons. The molecular formula is C35H34N2O8. The van der Waals surface area contributed by atoms with E-state index in [0.29, 0.717) is 16.7 Å². The number of Topliss-reactive ketones (excluding diaryl/α,β-unsaturated/α-hetero) is 1. The van der Waals surface area contributed by atoms with Crippen molar-refractivity contribution in [2.24, 2.45) is 35.5 Å². The summed E-state index contributed by atoms with van der Waals surface area (Å²) < 4.78 is 10.2. The van der Waals surface area contributed by atoms with Crippen LogP contribution in [0.2, 0.25) is 0 Å². The maximum Gasteiger partial charge on any atom is 0.333 e. The van der Waals surface area contributed by atoms with Gasteiger partial charge in [-0.3, -0.25) is 28.9 Å². The van der Waals surface area contributed by atoms with E-state index in [1.54, 1.807) is 44.2 Å². The van der Waals surface area contributed by atoms with E-state index in [0.717, 1.165) is 5.56 Å². The summed E-state index contributed by atoms with van der Waals surface area (Å²) in [5, 5.41) is 2.91. The van der Waals surface area contributed by atoms with E-state index < -0.39 is 76.5 Å². The number of ether oxygens (including phenoxy) is 2. The Morgan fingerprint density at radius 1 is 0.911 bits per heavy atom. The molecule has 7 atom stereocenters. The smallest absolute Gasteiger partial charge is 0.333 e. The largest absolute Gasteiger partial charge is 0.469 e. The van der Waals surface area contributed by atoms with Crippen LogP contribution in [0.25, 0.3) is 0 Å². The highest BCUT2D eigenvalue weighted by Crippen LogP contribution is 2.60. The Bertz CT molecular complexity index is 1680. The van der Waals surface area contributed by atoms with Gasteiger partial charge < -0.3 is 14.8 Å². The first-order valence-electron chi connectivity index (χ1n) is 15.0. The fourth-order valence-corrected chi connectivity index (χ4v) is 8.01. The highest BCUT2D eigenvalue weighted by molar-refractivity contribution is 6.14. The summed E-state index contributed by atoms with van der Waals surface area (Å²) in [7, 11) is 2.43. The molecule has 10 heteroatoms. The molecular weight excluding hydrogens is 576 g/mol. The summed E-state index contributed by atoms with van der Waals surface area (Å²) in [6.07, 6.45) is 1.41. The summed E-state index contributed by atoms with van der Waals surface area (Å²) in [6, 6.07) is 17.5. The van der Waals surface area contributed by atoms with E-state index in [9.17, 15) is 28.8 Å². The Hall–Kier alpha value is -4.86. The van der Waals surface area contributed by atoms with Crippen LogP contribution in [0.1, 0.15) is 36.2 Å². The van der Waals surface area contributed by atoms with Crippen molar-refractivity contribution in [2.75, 3.05) is 14.2 Å². The Kier molecular flexibility index (Phi) is 7.54. The number of hydrogen-bond donors (Lipinski definition) is 1. The number of rotatable bonds is 6. The van der Waals surface area contributed by atoms with E-state index in [4.69, 9.17) is 9.47 Å². The van der Waals surface area contributed by atoms with E-state index >= 15 is 0 Å². The van der Waals surface area contributed by atoms with Crippen LogP contribution in [-0.2, 0) is 40.0 Å². The molecule has 1 heterocycles. The third kappa shape index (κ3) is 4.62. The fraction of sp³-hybridized carbons (Fsp3) is 0.371. The number of ketones is 1. The van der Waals surface area contributed by atoms with Crippen molar-refractivity contribution in [3.63, 3.8) is 0 Å². The van der Waals surface area contributed by atoms with Crippen molar-refractivity contribution in [1.29, 1.82) is 0 Å². The topological polar surface area (TPSA) is 136 Å². The predicted octanol–water partition coefficient (Wildman–Crippen LogP) is 3.03. The quantitative estimate of drug-likeness (QED) is 0.390. The minimum Gasteiger partial charge on any atom is -0.469 e. The molecule has 0 bridgehead atoms. The second-order valence-corrected chi connectivity index (χ2v) is 12.3. The number of likely N-dealkylation sites (tertiary alicyclic amines) is 1. The third-order valence-corrected chi connectivity index (χ3v) is 9.99. The van der Waals surface area contributed by atoms with Crippen LogP contribution < -0.4 is 5.32 Å². The normalized spacial score (nSPS) is 30.3. The lowest BCUT2D eigenvalue weighted by atomic mass is 9.62. The summed E-state index contributed by atoms with van der Waals surface area (Å²) >= 11 is 0. The molecule has 3 aliphatic carbocycles. The molecule has 1 saturated heterocycles. The zero-order valence-corrected chi connectivity index (χ0v) is 25.4. The predicted molar refractivity (Wildman–Crippen MR) is 160 cm³/mol. The molecule has 0 saturated carbocycles. The maximum atomic E-state index is 14.6. The number of imide groups is 1. The maximum absolute atomic E-state index is 14.6. The first-order chi connectivity index (χ1) is 21.5. The molecule has 1 aliphatic heterocycles. The number of nitrogens with one attached hydrogen (secondary N) is 1. The lowest BCUT2D eigenvalue weighted by Crippen LogP contribution is -2.57. The van der Waals surface area contributed by atoms with Crippen molar-refractivity contribution in [2.45, 2.75) is 32.4 Å². The fourth-order valence-electron chi connectivity index (χ4n) is 8.01. The Morgan fingerprint density at radius 3 is 2.16 bits per heavy atom. The van der Waals surface area contributed by atoms with Crippen molar-refractivity contribution in [3.05, 3.63) is 94.6 Å². The number of fused-ring (bicyclic) bond motifs is 2. The standard InChI is InChI=1S/C35H34N2O8/c1-18-24-26-22(27-25(18)31(40)37(32(27)41)17-19-11-7-5-8-12-19)15-21(33(42)44-3)16-23(34(43)45-4)28(26)35(2,29(24)38)36-30(39)20-13-9-6-10-14-20/h5-14,16,18,22-23,25,27-28H,15,17H2,1-4H3,(H,36,39)/t18-,22+,23+,25-,27+,28+,35-/m0/s1. The third-order valence-electron chi connectivity index (χ3n) is 9.99. The van der Waals surface area contributed by atoms with Crippen LogP contribution in [0, 0.1) is 35.5 Å². The van der Waals surface area contributed by atoms with Crippen molar-refractivity contribution in [3.8, 4) is 0 Å². The number of methoxy groups -OCH3 is 2. The van der Waals surface area contributed by atoms with Gasteiger partial charge in [0.05, 0.1) is 38.5 Å². The molecule has 10 nitrogen and oxygen atoms in total. The molecule has 0 aromatic heterocycles. The molecule has 45 heavy (non-hydrogen) atoms. The number of carbonyl (C=O) groups excluding carboxylic acids is 6. The molecule has 1 fully saturated rings. The van der Waals surface area contributed by atoms with Gasteiger partial charge in [0, 0.05) is 22.6 Å². The molecule has 2 aromatic carbocycles. The molecule has 4 aliphatic rings. The van der Waals surface area contributed by atoms with Gasteiger partial charge in [0.2, 0.25) is 11.8 Å². The molecule has 3 amide bonds. The summed E-state index contributed by atoms with van der Waals surface area (Å²) in [4.78, 5) is 84.3. The minimum absolute atomic E-state index is 0.0302. The number of esters is 2. The van der Waals surface area contributed by atoms with Crippen LogP contribution in [0.5, 0.6) is 0 Å². The molecule has 2 aromatic rings. The van der Waals surface area contributed by atoms with Crippen molar-refractivity contribution in [1.82, 2.24) is 10.2 Å². The molecule has 1 N–H and O–H groups in total.